The van der Waals surface area contributed by atoms with Crippen molar-refractivity contribution in [1.82, 2.24) is 0 Å². The van der Waals surface area contributed by atoms with Crippen LogP contribution in [-0.2, 0) is 28.6 Å². The predicted molar refractivity (Wildman–Crippen MR) is 362 cm³/mol. The lowest BCUT2D eigenvalue weighted by atomic mass is 10.0. The number of ether oxygens (including phenoxy) is 3. The van der Waals surface area contributed by atoms with E-state index in [1.165, 1.54) is 193 Å². The van der Waals surface area contributed by atoms with Crippen molar-refractivity contribution < 1.29 is 28.6 Å². The van der Waals surface area contributed by atoms with E-state index in [1.807, 2.05) is 0 Å². The minimum absolute atomic E-state index is 0.0947. The lowest BCUT2D eigenvalue weighted by Crippen LogP contribution is -2.30. The standard InChI is InChI=1S/C77H134O6/c1-4-7-10-13-16-19-22-25-28-30-32-33-34-35-36-37-38-39-40-41-42-43-45-46-49-52-55-58-61-64-67-70-76(79)82-73-74(72-81-75(78)69-66-63-60-57-54-51-48-27-24-21-18-15-12-9-6-3)83-77(80)71-68-65-62-59-56-53-50-47-44-31-29-26-23-20-17-14-11-8-5-2/h8-9,11-12,17-18,20-21,26-27,29,44,47-48,54,57,74H,4-7,10,13-16,19,22-25,28,30-43,45-46,49-53,55-56,58-73H2,1-3H3/b11-8-,12-9-,20-17-,21-18-,29-26-,47-44-,48-27-,57-54-. The Labute approximate surface area is 515 Å². The fourth-order valence-electron chi connectivity index (χ4n) is 10.3. The van der Waals surface area contributed by atoms with Gasteiger partial charge in [-0.2, -0.15) is 0 Å². The molecule has 478 valence electrons. The fraction of sp³-hybridized carbons (Fsp3) is 0.753. The Balaban J connectivity index is 4.25. The molecule has 0 aliphatic carbocycles. The van der Waals surface area contributed by atoms with E-state index < -0.39 is 6.10 Å². The molecule has 0 aliphatic rings. The lowest BCUT2D eigenvalue weighted by Gasteiger charge is -2.18. The van der Waals surface area contributed by atoms with Gasteiger partial charge in [-0.3, -0.25) is 14.4 Å². The smallest absolute Gasteiger partial charge is 0.306 e. The molecule has 0 aromatic carbocycles. The van der Waals surface area contributed by atoms with Crippen molar-refractivity contribution in [1.29, 1.82) is 0 Å². The second-order valence-corrected chi connectivity index (χ2v) is 23.7. The van der Waals surface area contributed by atoms with Crippen molar-refractivity contribution in [2.75, 3.05) is 13.2 Å². The quantitative estimate of drug-likeness (QED) is 0.0261. The number of allylic oxidation sites excluding steroid dienone is 16. The van der Waals surface area contributed by atoms with Gasteiger partial charge in [-0.25, -0.2) is 0 Å². The highest BCUT2D eigenvalue weighted by Gasteiger charge is 2.19. The van der Waals surface area contributed by atoms with Crippen LogP contribution in [0.25, 0.3) is 0 Å². The summed E-state index contributed by atoms with van der Waals surface area (Å²) in [5, 5.41) is 0. The summed E-state index contributed by atoms with van der Waals surface area (Å²) >= 11 is 0. The Kier molecular flexibility index (Phi) is 67.7. The topological polar surface area (TPSA) is 78.9 Å². The molecule has 0 rings (SSSR count). The van der Waals surface area contributed by atoms with Crippen LogP contribution in [0.5, 0.6) is 0 Å². The highest BCUT2D eigenvalue weighted by molar-refractivity contribution is 5.71. The second kappa shape index (κ2) is 70.8. The molecular formula is C77H134O6. The van der Waals surface area contributed by atoms with Gasteiger partial charge >= 0.3 is 17.9 Å². The van der Waals surface area contributed by atoms with Gasteiger partial charge in [0.15, 0.2) is 6.10 Å². The first-order valence-corrected chi connectivity index (χ1v) is 35.7. The molecular weight excluding hydrogens is 1020 g/mol. The van der Waals surface area contributed by atoms with Crippen LogP contribution >= 0.6 is 0 Å². The first-order chi connectivity index (χ1) is 41.0. The zero-order valence-electron chi connectivity index (χ0n) is 54.9. The molecule has 0 bridgehead atoms. The van der Waals surface area contributed by atoms with E-state index in [0.29, 0.717) is 19.3 Å². The van der Waals surface area contributed by atoms with E-state index >= 15 is 0 Å². The number of carbonyl (C=O) groups is 3. The Morgan fingerprint density at radius 3 is 0.759 bits per heavy atom. The van der Waals surface area contributed by atoms with Crippen LogP contribution in [0, 0.1) is 0 Å². The van der Waals surface area contributed by atoms with E-state index in [-0.39, 0.29) is 31.1 Å². The molecule has 0 aromatic heterocycles. The van der Waals surface area contributed by atoms with Crippen LogP contribution in [0.15, 0.2) is 97.2 Å². The number of unbranched alkanes of at least 4 members (excludes halogenated alkanes) is 38. The van der Waals surface area contributed by atoms with Gasteiger partial charge in [0.25, 0.3) is 0 Å². The summed E-state index contributed by atoms with van der Waals surface area (Å²) in [6, 6.07) is 0. The monoisotopic (exact) mass is 1160 g/mol. The van der Waals surface area contributed by atoms with Gasteiger partial charge in [0.1, 0.15) is 13.2 Å². The van der Waals surface area contributed by atoms with E-state index in [0.717, 1.165) is 122 Å². The molecule has 0 aromatic rings. The lowest BCUT2D eigenvalue weighted by molar-refractivity contribution is -0.167. The van der Waals surface area contributed by atoms with Crippen LogP contribution in [0.3, 0.4) is 0 Å². The van der Waals surface area contributed by atoms with Crippen LogP contribution in [0.2, 0.25) is 0 Å². The van der Waals surface area contributed by atoms with E-state index in [2.05, 4.69) is 118 Å². The summed E-state index contributed by atoms with van der Waals surface area (Å²) < 4.78 is 16.9. The maximum atomic E-state index is 12.9. The van der Waals surface area contributed by atoms with Gasteiger partial charge in [-0.15, -0.1) is 0 Å². The van der Waals surface area contributed by atoms with E-state index in [4.69, 9.17) is 14.2 Å². The van der Waals surface area contributed by atoms with Crippen LogP contribution < -0.4 is 0 Å². The van der Waals surface area contributed by atoms with Crippen LogP contribution in [-0.4, -0.2) is 37.2 Å². The maximum Gasteiger partial charge on any atom is 0.306 e. The van der Waals surface area contributed by atoms with Gasteiger partial charge in [0, 0.05) is 19.3 Å². The third-order valence-electron chi connectivity index (χ3n) is 15.6. The number of carbonyl (C=O) groups excluding carboxylic acids is 3. The zero-order valence-corrected chi connectivity index (χ0v) is 54.9. The van der Waals surface area contributed by atoms with Crippen molar-refractivity contribution in [3.8, 4) is 0 Å². The first-order valence-electron chi connectivity index (χ1n) is 35.7. The fourth-order valence-corrected chi connectivity index (χ4v) is 10.3. The summed E-state index contributed by atoms with van der Waals surface area (Å²) in [5.74, 6) is -0.938. The van der Waals surface area contributed by atoms with Gasteiger partial charge < -0.3 is 14.2 Å². The minimum Gasteiger partial charge on any atom is -0.462 e. The van der Waals surface area contributed by atoms with Crippen molar-refractivity contribution in [3.63, 3.8) is 0 Å². The van der Waals surface area contributed by atoms with Crippen LogP contribution in [0.4, 0.5) is 0 Å². The molecule has 0 amide bonds. The van der Waals surface area contributed by atoms with Gasteiger partial charge in [-0.1, -0.05) is 336 Å². The summed E-state index contributed by atoms with van der Waals surface area (Å²) in [6.07, 6.45) is 96.0. The van der Waals surface area contributed by atoms with Gasteiger partial charge in [0.2, 0.25) is 0 Å². The van der Waals surface area contributed by atoms with Crippen LogP contribution in [0.1, 0.15) is 355 Å². The molecule has 0 radical (unpaired) electrons. The molecule has 6 nitrogen and oxygen atoms in total. The zero-order chi connectivity index (χ0) is 59.9. The first kappa shape index (κ1) is 79.3. The van der Waals surface area contributed by atoms with E-state index in [1.54, 1.807) is 0 Å². The highest BCUT2D eigenvalue weighted by atomic mass is 16.6. The molecule has 1 atom stereocenters. The van der Waals surface area contributed by atoms with Gasteiger partial charge in [0.05, 0.1) is 0 Å². The molecule has 0 heterocycles. The SMILES string of the molecule is CC/C=C\C/C=C\C/C=C\C/C=C\CCCCCCCCC(=O)OC(COC(=O)CCCC/C=C\C/C=C\C/C=C\C/C=C\CC)COC(=O)CCCCCCCCCCCCCCCCCCCCCCCCCCCCCCCCC. The Morgan fingerprint density at radius 1 is 0.253 bits per heavy atom. The molecule has 0 spiro atoms. The Hall–Kier alpha value is -3.67. The minimum atomic E-state index is -0.804. The predicted octanol–water partition coefficient (Wildman–Crippen LogP) is 24.8. The summed E-state index contributed by atoms with van der Waals surface area (Å²) in [4.78, 5) is 38.4. The average molecular weight is 1160 g/mol. The Bertz CT molecular complexity index is 1610. The van der Waals surface area contributed by atoms with Crippen molar-refractivity contribution in [2.24, 2.45) is 0 Å². The molecule has 0 aliphatic heterocycles. The van der Waals surface area contributed by atoms with Crippen molar-refractivity contribution in [3.05, 3.63) is 97.2 Å². The molecule has 1 unspecified atom stereocenters. The van der Waals surface area contributed by atoms with Crippen molar-refractivity contribution in [2.45, 2.75) is 361 Å². The number of rotatable bonds is 65. The third kappa shape index (κ3) is 69.0. The largest absolute Gasteiger partial charge is 0.462 e. The normalized spacial score (nSPS) is 12.7. The van der Waals surface area contributed by atoms with E-state index in [9.17, 15) is 14.4 Å². The highest BCUT2D eigenvalue weighted by Crippen LogP contribution is 2.18. The van der Waals surface area contributed by atoms with Crippen molar-refractivity contribution >= 4 is 17.9 Å². The second-order valence-electron chi connectivity index (χ2n) is 23.7. The third-order valence-corrected chi connectivity index (χ3v) is 15.6. The summed E-state index contributed by atoms with van der Waals surface area (Å²) in [5.41, 5.74) is 0. The molecule has 0 saturated heterocycles. The summed E-state index contributed by atoms with van der Waals surface area (Å²) in [6.45, 7) is 6.41. The molecule has 0 fully saturated rings. The molecule has 0 N–H and O–H groups in total. The number of hydrogen-bond acceptors (Lipinski definition) is 6. The summed E-state index contributed by atoms with van der Waals surface area (Å²) in [7, 11) is 0. The maximum absolute atomic E-state index is 12.9. The number of hydrogen-bond donors (Lipinski definition) is 0. The van der Waals surface area contributed by atoms with Gasteiger partial charge in [-0.05, 0) is 96.3 Å². The Morgan fingerprint density at radius 2 is 0.470 bits per heavy atom. The number of esters is 3. The molecule has 83 heavy (non-hydrogen) atoms. The average Bonchev–Trinajstić information content (AvgIpc) is 3.49. The molecule has 0 saturated carbocycles. The molecule has 6 heteroatoms.